The lowest BCUT2D eigenvalue weighted by molar-refractivity contribution is -0.123. The number of sulfone groups is 1. The van der Waals surface area contributed by atoms with Crippen molar-refractivity contribution in [1.29, 1.82) is 0 Å². The predicted molar refractivity (Wildman–Crippen MR) is 87.5 cm³/mol. The van der Waals surface area contributed by atoms with Crippen molar-refractivity contribution in [1.82, 2.24) is 10.6 Å². The van der Waals surface area contributed by atoms with Crippen molar-refractivity contribution in [3.63, 3.8) is 0 Å². The molecule has 0 bridgehead atoms. The summed E-state index contributed by atoms with van der Waals surface area (Å²) in [5.74, 6) is 2.13. The van der Waals surface area contributed by atoms with E-state index in [0.29, 0.717) is 12.8 Å². The zero-order valence-corrected chi connectivity index (χ0v) is 14.7. The van der Waals surface area contributed by atoms with Crippen LogP contribution in [0, 0.1) is 0 Å². The standard InChI is InChI=1S/C12H24N2O3S2.ClH/c1-12(2,4-7-19(3,16)17)14-11(15)8-10-9-18-6-5-13-10;/h10,13H,4-9H2,1-3H3,(H,14,15);1H. The number of hydrogen-bond acceptors (Lipinski definition) is 5. The molecule has 1 atom stereocenters. The minimum atomic E-state index is -2.99. The Bertz CT molecular complexity index is 407. The van der Waals surface area contributed by atoms with Gasteiger partial charge >= 0.3 is 0 Å². The number of hydrogen-bond donors (Lipinski definition) is 2. The van der Waals surface area contributed by atoms with E-state index >= 15 is 0 Å². The van der Waals surface area contributed by atoms with Gasteiger partial charge in [-0.25, -0.2) is 8.42 Å². The lowest BCUT2D eigenvalue weighted by atomic mass is 10.0. The molecular weight excluding hydrogens is 320 g/mol. The first-order valence-electron chi connectivity index (χ1n) is 6.48. The van der Waals surface area contributed by atoms with Crippen molar-refractivity contribution in [3.05, 3.63) is 0 Å². The van der Waals surface area contributed by atoms with Crippen LogP contribution in [-0.4, -0.2) is 56.0 Å². The number of halogens is 1. The maximum absolute atomic E-state index is 11.9. The molecule has 1 rings (SSSR count). The van der Waals surface area contributed by atoms with E-state index in [1.54, 1.807) is 0 Å². The minimum absolute atomic E-state index is 0. The van der Waals surface area contributed by atoms with Crippen LogP contribution >= 0.6 is 24.2 Å². The third-order valence-electron chi connectivity index (χ3n) is 3.01. The maximum atomic E-state index is 11.9. The highest BCUT2D eigenvalue weighted by atomic mass is 35.5. The molecule has 1 aliphatic rings. The fourth-order valence-electron chi connectivity index (χ4n) is 1.91. The molecule has 0 aromatic carbocycles. The summed E-state index contributed by atoms with van der Waals surface area (Å²) in [6, 6.07) is 0.226. The molecule has 0 aromatic heterocycles. The minimum Gasteiger partial charge on any atom is -0.351 e. The summed E-state index contributed by atoms with van der Waals surface area (Å²) in [6.07, 6.45) is 2.10. The smallest absolute Gasteiger partial charge is 0.222 e. The van der Waals surface area contributed by atoms with Gasteiger partial charge in [-0.1, -0.05) is 0 Å². The van der Waals surface area contributed by atoms with Crippen LogP contribution in [-0.2, 0) is 14.6 Å². The van der Waals surface area contributed by atoms with Crippen LogP contribution in [0.25, 0.3) is 0 Å². The Morgan fingerprint density at radius 2 is 2.10 bits per heavy atom. The Balaban J connectivity index is 0.00000361. The number of nitrogens with one attached hydrogen (secondary N) is 2. The lowest BCUT2D eigenvalue weighted by Crippen LogP contribution is -2.48. The highest BCUT2D eigenvalue weighted by Crippen LogP contribution is 2.13. The van der Waals surface area contributed by atoms with Gasteiger partial charge in [-0.2, -0.15) is 11.8 Å². The second kappa shape index (κ2) is 8.46. The Morgan fingerprint density at radius 1 is 1.45 bits per heavy atom. The van der Waals surface area contributed by atoms with E-state index in [1.165, 1.54) is 6.26 Å². The lowest BCUT2D eigenvalue weighted by Gasteiger charge is -2.28. The third kappa shape index (κ3) is 9.05. The zero-order valence-electron chi connectivity index (χ0n) is 12.3. The summed E-state index contributed by atoms with van der Waals surface area (Å²) in [6.45, 7) is 4.67. The summed E-state index contributed by atoms with van der Waals surface area (Å²) in [7, 11) is -2.99. The van der Waals surface area contributed by atoms with Gasteiger partial charge in [-0.05, 0) is 20.3 Å². The van der Waals surface area contributed by atoms with E-state index < -0.39 is 15.4 Å². The molecule has 0 spiro atoms. The topological polar surface area (TPSA) is 75.3 Å². The SMILES string of the molecule is CC(C)(CCS(C)(=O)=O)NC(=O)CC1CSCCN1.Cl. The molecule has 0 radical (unpaired) electrons. The molecule has 20 heavy (non-hydrogen) atoms. The monoisotopic (exact) mass is 344 g/mol. The number of amides is 1. The van der Waals surface area contributed by atoms with E-state index in [0.717, 1.165) is 18.1 Å². The number of carbonyl (C=O) groups is 1. The number of thioether (sulfide) groups is 1. The van der Waals surface area contributed by atoms with E-state index in [9.17, 15) is 13.2 Å². The first-order valence-corrected chi connectivity index (χ1v) is 9.69. The van der Waals surface area contributed by atoms with Gasteiger partial charge in [0.1, 0.15) is 9.84 Å². The van der Waals surface area contributed by atoms with Crippen LogP contribution in [0.2, 0.25) is 0 Å². The average Bonchev–Trinajstić information content (AvgIpc) is 2.26. The molecule has 1 fully saturated rings. The van der Waals surface area contributed by atoms with Crippen LogP contribution < -0.4 is 10.6 Å². The Morgan fingerprint density at radius 3 is 2.60 bits per heavy atom. The normalized spacial score (nSPS) is 20.1. The Hall–Kier alpha value is 0.0200. The van der Waals surface area contributed by atoms with E-state index in [4.69, 9.17) is 0 Å². The van der Waals surface area contributed by atoms with Gasteiger partial charge in [0.2, 0.25) is 5.91 Å². The first-order chi connectivity index (χ1) is 8.68. The first kappa shape index (κ1) is 20.0. The van der Waals surface area contributed by atoms with Crippen LogP contribution in [0.5, 0.6) is 0 Å². The van der Waals surface area contributed by atoms with Gasteiger partial charge in [0.15, 0.2) is 0 Å². The molecule has 120 valence electrons. The molecule has 0 saturated carbocycles. The summed E-state index contributed by atoms with van der Waals surface area (Å²) in [4.78, 5) is 11.9. The number of carbonyl (C=O) groups excluding carboxylic acids is 1. The van der Waals surface area contributed by atoms with Crippen molar-refractivity contribution in [2.45, 2.75) is 38.3 Å². The Labute approximate surface area is 132 Å². The van der Waals surface area contributed by atoms with Crippen molar-refractivity contribution in [2.24, 2.45) is 0 Å². The average molecular weight is 345 g/mol. The van der Waals surface area contributed by atoms with Crippen LogP contribution in [0.1, 0.15) is 26.7 Å². The quantitative estimate of drug-likeness (QED) is 0.746. The molecule has 0 aliphatic carbocycles. The molecule has 1 heterocycles. The van der Waals surface area contributed by atoms with Crippen molar-refractivity contribution in [2.75, 3.05) is 30.1 Å². The van der Waals surface area contributed by atoms with Gasteiger partial charge in [0.05, 0.1) is 5.75 Å². The van der Waals surface area contributed by atoms with E-state index in [-0.39, 0.29) is 30.1 Å². The van der Waals surface area contributed by atoms with E-state index in [2.05, 4.69) is 10.6 Å². The summed E-state index contributed by atoms with van der Waals surface area (Å²) < 4.78 is 22.3. The van der Waals surface area contributed by atoms with Crippen LogP contribution in [0.3, 0.4) is 0 Å². The second-order valence-corrected chi connectivity index (χ2v) is 9.15. The zero-order chi connectivity index (χ0) is 14.5. The summed E-state index contributed by atoms with van der Waals surface area (Å²) in [5, 5.41) is 6.24. The highest BCUT2D eigenvalue weighted by molar-refractivity contribution is 7.99. The predicted octanol–water partition coefficient (Wildman–Crippen LogP) is 0.833. The van der Waals surface area contributed by atoms with Gasteiger partial charge in [-0.15, -0.1) is 12.4 Å². The third-order valence-corrected chi connectivity index (χ3v) is 5.08. The fourth-order valence-corrected chi connectivity index (χ4v) is 3.74. The molecule has 1 amide bonds. The molecular formula is C12H25ClN2O3S2. The molecule has 0 aromatic rings. The summed E-state index contributed by atoms with van der Waals surface area (Å²) >= 11 is 1.85. The van der Waals surface area contributed by atoms with Crippen molar-refractivity contribution >= 4 is 39.9 Å². The van der Waals surface area contributed by atoms with Crippen LogP contribution in [0.15, 0.2) is 0 Å². The highest BCUT2D eigenvalue weighted by Gasteiger charge is 2.24. The molecule has 2 N–H and O–H groups in total. The van der Waals surface area contributed by atoms with Crippen molar-refractivity contribution in [3.8, 4) is 0 Å². The van der Waals surface area contributed by atoms with Gasteiger partial charge in [0.25, 0.3) is 0 Å². The molecule has 1 unspecified atom stereocenters. The van der Waals surface area contributed by atoms with Gasteiger partial charge in [-0.3, -0.25) is 4.79 Å². The maximum Gasteiger partial charge on any atom is 0.222 e. The van der Waals surface area contributed by atoms with Crippen molar-refractivity contribution < 1.29 is 13.2 Å². The summed E-state index contributed by atoms with van der Waals surface area (Å²) in [5.41, 5.74) is -0.484. The molecule has 1 saturated heterocycles. The van der Waals surface area contributed by atoms with Gasteiger partial charge < -0.3 is 10.6 Å². The van der Waals surface area contributed by atoms with E-state index in [1.807, 2.05) is 25.6 Å². The second-order valence-electron chi connectivity index (χ2n) is 5.74. The molecule has 8 heteroatoms. The Kier molecular flexibility index (Phi) is 8.47. The largest absolute Gasteiger partial charge is 0.351 e. The number of rotatable bonds is 6. The van der Waals surface area contributed by atoms with Gasteiger partial charge in [0, 0.05) is 42.3 Å². The fraction of sp³-hybridized carbons (Fsp3) is 0.917. The molecule has 1 aliphatic heterocycles. The molecule has 5 nitrogen and oxygen atoms in total. The van der Waals surface area contributed by atoms with Crippen LogP contribution in [0.4, 0.5) is 0 Å².